The van der Waals surface area contributed by atoms with Crippen LogP contribution in [0.5, 0.6) is 0 Å². The van der Waals surface area contributed by atoms with Gasteiger partial charge in [0.2, 0.25) is 0 Å². The average molecular weight is 305 g/mol. The smallest absolute Gasteiger partial charge is 0.283 e. The van der Waals surface area contributed by atoms with Crippen molar-refractivity contribution in [2.75, 3.05) is 23.2 Å². The minimum Gasteiger partial charge on any atom is -0.383 e. The second-order valence-corrected chi connectivity index (χ2v) is 6.48. The van der Waals surface area contributed by atoms with E-state index in [2.05, 4.69) is 10.3 Å². The van der Waals surface area contributed by atoms with Crippen LogP contribution in [0, 0.1) is 0 Å². The van der Waals surface area contributed by atoms with Gasteiger partial charge in [0.1, 0.15) is 0 Å². The van der Waals surface area contributed by atoms with Crippen LogP contribution in [0.1, 0.15) is 13.3 Å². The Morgan fingerprint density at radius 1 is 1.14 bits per heavy atom. The minimum absolute atomic E-state index is 0.0461. The fraction of sp³-hybridized carbons (Fsp3) is 0.267. The van der Waals surface area contributed by atoms with Crippen LogP contribution in [-0.4, -0.2) is 27.0 Å². The third-order valence-electron chi connectivity index (χ3n) is 3.06. The molecule has 112 valence electrons. The van der Waals surface area contributed by atoms with Crippen molar-refractivity contribution in [3.8, 4) is 0 Å². The van der Waals surface area contributed by atoms with Gasteiger partial charge in [0, 0.05) is 19.8 Å². The molecule has 21 heavy (non-hydrogen) atoms. The Morgan fingerprint density at radius 2 is 1.86 bits per heavy atom. The number of hydrogen-bond acceptors (Lipinski definition) is 4. The number of rotatable bonds is 6. The number of nitrogens with one attached hydrogen (secondary N) is 1. The Labute approximate surface area is 125 Å². The molecule has 0 unspecified atom stereocenters. The van der Waals surface area contributed by atoms with Gasteiger partial charge in [-0.1, -0.05) is 25.1 Å². The van der Waals surface area contributed by atoms with Gasteiger partial charge in [0.05, 0.1) is 11.4 Å². The van der Waals surface area contributed by atoms with E-state index in [4.69, 9.17) is 0 Å². The van der Waals surface area contributed by atoms with Gasteiger partial charge >= 0.3 is 0 Å². The summed E-state index contributed by atoms with van der Waals surface area (Å²) in [4.78, 5) is 4.06. The van der Waals surface area contributed by atoms with Crippen molar-refractivity contribution in [2.24, 2.45) is 0 Å². The van der Waals surface area contributed by atoms with Crippen molar-refractivity contribution < 1.29 is 8.42 Å². The molecule has 1 N–H and O–H groups in total. The fourth-order valence-electron chi connectivity index (χ4n) is 1.90. The van der Waals surface area contributed by atoms with Crippen LogP contribution in [0.4, 0.5) is 11.4 Å². The van der Waals surface area contributed by atoms with E-state index >= 15 is 0 Å². The van der Waals surface area contributed by atoms with Crippen molar-refractivity contribution in [1.82, 2.24) is 4.98 Å². The van der Waals surface area contributed by atoms with Crippen LogP contribution in [0.2, 0.25) is 0 Å². The van der Waals surface area contributed by atoms with Gasteiger partial charge in [0.25, 0.3) is 10.0 Å². The molecule has 0 saturated carbocycles. The van der Waals surface area contributed by atoms with E-state index in [-0.39, 0.29) is 5.03 Å². The Balaban J connectivity index is 2.40. The summed E-state index contributed by atoms with van der Waals surface area (Å²) in [6.45, 7) is 2.72. The zero-order chi connectivity index (χ0) is 15.3. The molecule has 2 aromatic rings. The van der Waals surface area contributed by atoms with Crippen molar-refractivity contribution in [3.63, 3.8) is 0 Å². The number of anilines is 2. The first-order valence-corrected chi connectivity index (χ1v) is 8.24. The molecule has 1 heterocycles. The van der Waals surface area contributed by atoms with Gasteiger partial charge in [0.15, 0.2) is 5.03 Å². The first-order valence-electron chi connectivity index (χ1n) is 6.80. The Hall–Kier alpha value is -2.08. The van der Waals surface area contributed by atoms with Gasteiger partial charge < -0.3 is 5.32 Å². The molecule has 0 aliphatic heterocycles. The van der Waals surface area contributed by atoms with E-state index in [9.17, 15) is 8.42 Å². The molecular formula is C15H19N3O2S. The monoisotopic (exact) mass is 305 g/mol. The predicted molar refractivity (Wildman–Crippen MR) is 85.0 cm³/mol. The highest BCUT2D eigenvalue weighted by molar-refractivity contribution is 7.92. The van der Waals surface area contributed by atoms with Crippen LogP contribution in [0.15, 0.2) is 53.7 Å². The van der Waals surface area contributed by atoms with E-state index in [1.54, 1.807) is 36.4 Å². The Bertz CT molecular complexity index is 687. The van der Waals surface area contributed by atoms with E-state index < -0.39 is 10.0 Å². The third-order valence-corrected chi connectivity index (χ3v) is 4.81. The average Bonchev–Trinajstić information content (AvgIpc) is 2.53. The van der Waals surface area contributed by atoms with Gasteiger partial charge in [-0.15, -0.1) is 0 Å². The van der Waals surface area contributed by atoms with Crippen LogP contribution in [-0.2, 0) is 10.0 Å². The topological polar surface area (TPSA) is 62.3 Å². The molecule has 2 rings (SSSR count). The standard InChI is InChI=1S/C15H19N3O2S/c1-3-11-16-14-10-7-12-17-15(14)21(19,20)18(2)13-8-5-4-6-9-13/h4-10,12,16H,3,11H2,1-2H3. The normalized spacial score (nSPS) is 11.1. The van der Waals surface area contributed by atoms with E-state index in [0.29, 0.717) is 17.9 Å². The Morgan fingerprint density at radius 3 is 2.52 bits per heavy atom. The van der Waals surface area contributed by atoms with Gasteiger partial charge in [-0.3, -0.25) is 4.31 Å². The highest BCUT2D eigenvalue weighted by atomic mass is 32.2. The number of hydrogen-bond donors (Lipinski definition) is 1. The highest BCUT2D eigenvalue weighted by Gasteiger charge is 2.25. The maximum Gasteiger partial charge on any atom is 0.283 e. The van der Waals surface area contributed by atoms with Crippen LogP contribution < -0.4 is 9.62 Å². The van der Waals surface area contributed by atoms with Crippen molar-refractivity contribution in [2.45, 2.75) is 18.4 Å². The lowest BCUT2D eigenvalue weighted by molar-refractivity contribution is 0.591. The van der Waals surface area contributed by atoms with E-state index in [1.165, 1.54) is 17.5 Å². The number of aromatic nitrogens is 1. The summed E-state index contributed by atoms with van der Waals surface area (Å²) in [5.74, 6) is 0. The lowest BCUT2D eigenvalue weighted by Crippen LogP contribution is -2.28. The first kappa shape index (κ1) is 15.3. The maximum atomic E-state index is 12.7. The first-order chi connectivity index (χ1) is 10.1. The molecule has 0 saturated heterocycles. The number of para-hydroxylation sites is 1. The van der Waals surface area contributed by atoms with Crippen LogP contribution in [0.25, 0.3) is 0 Å². The molecule has 0 amide bonds. The summed E-state index contributed by atoms with van der Waals surface area (Å²) in [7, 11) is -2.16. The van der Waals surface area contributed by atoms with Gasteiger partial charge in [-0.25, -0.2) is 4.98 Å². The lowest BCUT2D eigenvalue weighted by atomic mass is 10.3. The quantitative estimate of drug-likeness (QED) is 0.891. The summed E-state index contributed by atoms with van der Waals surface area (Å²) in [6, 6.07) is 12.4. The summed E-state index contributed by atoms with van der Waals surface area (Å²) < 4.78 is 26.7. The molecule has 5 nitrogen and oxygen atoms in total. The second-order valence-electron chi connectivity index (χ2n) is 4.59. The number of benzene rings is 1. The predicted octanol–water partition coefficient (Wildman–Crippen LogP) is 2.73. The van der Waals surface area contributed by atoms with Crippen molar-refractivity contribution in [1.29, 1.82) is 0 Å². The fourth-order valence-corrected chi connectivity index (χ4v) is 3.17. The molecule has 0 spiro atoms. The van der Waals surface area contributed by atoms with Crippen molar-refractivity contribution in [3.05, 3.63) is 48.7 Å². The highest BCUT2D eigenvalue weighted by Crippen LogP contribution is 2.25. The van der Waals surface area contributed by atoms with Crippen LogP contribution in [0.3, 0.4) is 0 Å². The molecule has 6 heteroatoms. The van der Waals surface area contributed by atoms with E-state index in [0.717, 1.165) is 6.42 Å². The second kappa shape index (κ2) is 6.58. The van der Waals surface area contributed by atoms with Crippen LogP contribution >= 0.6 is 0 Å². The minimum atomic E-state index is -3.69. The molecule has 1 aromatic carbocycles. The van der Waals surface area contributed by atoms with Gasteiger partial charge in [-0.05, 0) is 30.7 Å². The largest absolute Gasteiger partial charge is 0.383 e. The number of pyridine rings is 1. The molecule has 0 atom stereocenters. The number of sulfonamides is 1. The molecule has 0 aliphatic carbocycles. The molecular weight excluding hydrogens is 286 g/mol. The maximum absolute atomic E-state index is 12.7. The molecule has 1 aromatic heterocycles. The SMILES string of the molecule is CCCNc1cccnc1S(=O)(=O)N(C)c1ccccc1. The molecule has 0 bridgehead atoms. The third kappa shape index (κ3) is 3.33. The summed E-state index contributed by atoms with van der Waals surface area (Å²) in [5, 5.41) is 3.15. The molecule has 0 radical (unpaired) electrons. The molecule has 0 fully saturated rings. The Kier molecular flexibility index (Phi) is 4.80. The summed E-state index contributed by atoms with van der Waals surface area (Å²) in [6.07, 6.45) is 2.39. The number of nitrogens with zero attached hydrogens (tertiary/aromatic N) is 2. The lowest BCUT2D eigenvalue weighted by Gasteiger charge is -2.20. The zero-order valence-corrected chi connectivity index (χ0v) is 13.0. The zero-order valence-electron chi connectivity index (χ0n) is 12.2. The van der Waals surface area contributed by atoms with Crippen molar-refractivity contribution >= 4 is 21.4 Å². The van der Waals surface area contributed by atoms with Gasteiger partial charge in [-0.2, -0.15) is 8.42 Å². The summed E-state index contributed by atoms with van der Waals surface area (Å²) in [5.41, 5.74) is 1.13. The molecule has 0 aliphatic rings. The van der Waals surface area contributed by atoms with E-state index in [1.807, 2.05) is 13.0 Å². The summed E-state index contributed by atoms with van der Waals surface area (Å²) >= 11 is 0.